The van der Waals surface area contributed by atoms with Crippen LogP contribution >= 0.6 is 0 Å². The van der Waals surface area contributed by atoms with Crippen LogP contribution < -0.4 is 5.32 Å². The standard InChI is InChI=1S/C13H29NO/c1-3-5-7-10-14-11-8-9-13-15-12-6-4-2/h14H,3-13H2,1-2H3. The summed E-state index contributed by atoms with van der Waals surface area (Å²) in [5.74, 6) is 0. The number of nitrogens with one attached hydrogen (secondary N) is 1. The number of rotatable bonds is 12. The third-order valence-electron chi connectivity index (χ3n) is 2.49. The zero-order valence-corrected chi connectivity index (χ0v) is 10.7. The first-order valence-electron chi connectivity index (χ1n) is 6.70. The van der Waals surface area contributed by atoms with Gasteiger partial charge in [-0.1, -0.05) is 33.1 Å². The maximum Gasteiger partial charge on any atom is 0.0466 e. The van der Waals surface area contributed by atoms with Gasteiger partial charge in [-0.25, -0.2) is 0 Å². The molecule has 15 heavy (non-hydrogen) atoms. The monoisotopic (exact) mass is 215 g/mol. The summed E-state index contributed by atoms with van der Waals surface area (Å²) in [5, 5.41) is 3.47. The number of hydrogen-bond donors (Lipinski definition) is 1. The minimum atomic E-state index is 0.941. The second-order valence-electron chi connectivity index (χ2n) is 4.13. The Kier molecular flexibility index (Phi) is 13.8. The summed E-state index contributed by atoms with van der Waals surface area (Å²) in [4.78, 5) is 0. The first kappa shape index (κ1) is 14.9. The van der Waals surface area contributed by atoms with Gasteiger partial charge in [0.25, 0.3) is 0 Å². The second kappa shape index (κ2) is 13.9. The molecule has 0 aliphatic carbocycles. The molecule has 92 valence electrons. The van der Waals surface area contributed by atoms with E-state index in [0.29, 0.717) is 0 Å². The van der Waals surface area contributed by atoms with Gasteiger partial charge in [0.2, 0.25) is 0 Å². The molecule has 1 N–H and O–H groups in total. The van der Waals surface area contributed by atoms with E-state index in [1.165, 1.54) is 51.5 Å². The molecule has 0 aromatic carbocycles. The first-order chi connectivity index (χ1) is 7.41. The van der Waals surface area contributed by atoms with E-state index in [-0.39, 0.29) is 0 Å². The summed E-state index contributed by atoms with van der Waals surface area (Å²) >= 11 is 0. The Hall–Kier alpha value is -0.0800. The van der Waals surface area contributed by atoms with Crippen molar-refractivity contribution in [1.82, 2.24) is 5.32 Å². The second-order valence-corrected chi connectivity index (χ2v) is 4.13. The van der Waals surface area contributed by atoms with Gasteiger partial charge in [-0.2, -0.15) is 0 Å². The maximum atomic E-state index is 5.49. The zero-order chi connectivity index (χ0) is 11.2. The highest BCUT2D eigenvalue weighted by Gasteiger charge is 1.90. The summed E-state index contributed by atoms with van der Waals surface area (Å²) in [6.07, 6.45) is 8.88. The molecule has 0 heterocycles. The molecule has 2 heteroatoms. The largest absolute Gasteiger partial charge is 0.381 e. The van der Waals surface area contributed by atoms with Crippen LogP contribution in [-0.4, -0.2) is 26.3 Å². The average molecular weight is 215 g/mol. The summed E-state index contributed by atoms with van der Waals surface area (Å²) in [6.45, 7) is 8.67. The molecule has 0 bridgehead atoms. The lowest BCUT2D eigenvalue weighted by molar-refractivity contribution is 0.127. The van der Waals surface area contributed by atoms with Crippen LogP contribution in [0.2, 0.25) is 0 Å². The van der Waals surface area contributed by atoms with E-state index in [0.717, 1.165) is 19.8 Å². The quantitative estimate of drug-likeness (QED) is 0.504. The van der Waals surface area contributed by atoms with Gasteiger partial charge < -0.3 is 10.1 Å². The summed E-state index contributed by atoms with van der Waals surface area (Å²) in [6, 6.07) is 0. The highest BCUT2D eigenvalue weighted by atomic mass is 16.5. The average Bonchev–Trinajstić information content (AvgIpc) is 2.26. The fourth-order valence-corrected chi connectivity index (χ4v) is 1.43. The summed E-state index contributed by atoms with van der Waals surface area (Å²) < 4.78 is 5.49. The molecular weight excluding hydrogens is 186 g/mol. The lowest BCUT2D eigenvalue weighted by atomic mass is 10.2. The fraction of sp³-hybridized carbons (Fsp3) is 1.00. The fourth-order valence-electron chi connectivity index (χ4n) is 1.43. The molecule has 0 unspecified atom stereocenters. The van der Waals surface area contributed by atoms with E-state index < -0.39 is 0 Å². The van der Waals surface area contributed by atoms with Crippen molar-refractivity contribution in [1.29, 1.82) is 0 Å². The lowest BCUT2D eigenvalue weighted by Crippen LogP contribution is -2.17. The molecule has 0 atom stereocenters. The smallest absolute Gasteiger partial charge is 0.0466 e. The Bertz CT molecular complexity index is 94.7. The third kappa shape index (κ3) is 13.9. The van der Waals surface area contributed by atoms with Crippen molar-refractivity contribution in [2.75, 3.05) is 26.3 Å². The van der Waals surface area contributed by atoms with Crippen LogP contribution in [-0.2, 0) is 4.74 Å². The number of hydrogen-bond acceptors (Lipinski definition) is 2. The van der Waals surface area contributed by atoms with Crippen molar-refractivity contribution in [3.8, 4) is 0 Å². The zero-order valence-electron chi connectivity index (χ0n) is 10.7. The van der Waals surface area contributed by atoms with Crippen molar-refractivity contribution in [2.45, 2.75) is 58.8 Å². The molecule has 0 aromatic rings. The molecule has 0 amide bonds. The van der Waals surface area contributed by atoms with E-state index in [1.54, 1.807) is 0 Å². The molecule has 0 aliphatic heterocycles. The number of unbranched alkanes of at least 4 members (excludes halogenated alkanes) is 4. The molecule has 0 aliphatic rings. The molecule has 2 nitrogen and oxygen atoms in total. The van der Waals surface area contributed by atoms with E-state index >= 15 is 0 Å². The van der Waals surface area contributed by atoms with E-state index in [9.17, 15) is 0 Å². The normalized spacial score (nSPS) is 10.8. The SMILES string of the molecule is CCCCCNCCCCOCCCC. The van der Waals surface area contributed by atoms with Crippen LogP contribution in [0.3, 0.4) is 0 Å². The molecule has 0 fully saturated rings. The van der Waals surface area contributed by atoms with E-state index in [2.05, 4.69) is 19.2 Å². The predicted octanol–water partition coefficient (Wildman–Crippen LogP) is 3.36. The van der Waals surface area contributed by atoms with Crippen LogP contribution in [0.15, 0.2) is 0 Å². The topological polar surface area (TPSA) is 21.3 Å². The lowest BCUT2D eigenvalue weighted by Gasteiger charge is -2.05. The highest BCUT2D eigenvalue weighted by Crippen LogP contribution is 1.94. The van der Waals surface area contributed by atoms with E-state index in [4.69, 9.17) is 4.74 Å². The Morgan fingerprint density at radius 3 is 2.00 bits per heavy atom. The van der Waals surface area contributed by atoms with Gasteiger partial charge in [0.1, 0.15) is 0 Å². The van der Waals surface area contributed by atoms with Crippen LogP contribution in [0.25, 0.3) is 0 Å². The first-order valence-corrected chi connectivity index (χ1v) is 6.70. The van der Waals surface area contributed by atoms with Gasteiger partial charge in [0.15, 0.2) is 0 Å². The van der Waals surface area contributed by atoms with Crippen molar-refractivity contribution in [2.24, 2.45) is 0 Å². The Morgan fingerprint density at radius 1 is 0.733 bits per heavy atom. The Balaban J connectivity index is 2.81. The van der Waals surface area contributed by atoms with Gasteiger partial charge in [-0.15, -0.1) is 0 Å². The molecule has 0 aromatic heterocycles. The van der Waals surface area contributed by atoms with Crippen molar-refractivity contribution >= 4 is 0 Å². The van der Waals surface area contributed by atoms with Crippen molar-refractivity contribution in [3.05, 3.63) is 0 Å². The molecule has 0 saturated heterocycles. The summed E-state index contributed by atoms with van der Waals surface area (Å²) in [5.41, 5.74) is 0. The number of ether oxygens (including phenoxy) is 1. The highest BCUT2D eigenvalue weighted by molar-refractivity contribution is 4.48. The van der Waals surface area contributed by atoms with Gasteiger partial charge in [-0.05, 0) is 38.8 Å². The maximum absolute atomic E-state index is 5.49. The van der Waals surface area contributed by atoms with Crippen LogP contribution in [0.1, 0.15) is 58.8 Å². The van der Waals surface area contributed by atoms with Crippen LogP contribution in [0, 0.1) is 0 Å². The van der Waals surface area contributed by atoms with Crippen molar-refractivity contribution in [3.63, 3.8) is 0 Å². The minimum absolute atomic E-state index is 0.941. The molecule has 0 radical (unpaired) electrons. The summed E-state index contributed by atoms with van der Waals surface area (Å²) in [7, 11) is 0. The van der Waals surface area contributed by atoms with Crippen molar-refractivity contribution < 1.29 is 4.74 Å². The minimum Gasteiger partial charge on any atom is -0.381 e. The van der Waals surface area contributed by atoms with Gasteiger partial charge >= 0.3 is 0 Å². The molecular formula is C13H29NO. The predicted molar refractivity (Wildman–Crippen MR) is 67.4 cm³/mol. The van der Waals surface area contributed by atoms with Gasteiger partial charge in [0.05, 0.1) is 0 Å². The molecule has 0 rings (SSSR count). The van der Waals surface area contributed by atoms with Gasteiger partial charge in [-0.3, -0.25) is 0 Å². The van der Waals surface area contributed by atoms with E-state index in [1.807, 2.05) is 0 Å². The Labute approximate surface area is 95.8 Å². The van der Waals surface area contributed by atoms with Crippen LogP contribution in [0.4, 0.5) is 0 Å². The third-order valence-corrected chi connectivity index (χ3v) is 2.49. The molecule has 0 saturated carbocycles. The molecule has 0 spiro atoms. The van der Waals surface area contributed by atoms with Crippen LogP contribution in [0.5, 0.6) is 0 Å². The Morgan fingerprint density at radius 2 is 1.33 bits per heavy atom. The van der Waals surface area contributed by atoms with Gasteiger partial charge in [0, 0.05) is 13.2 Å².